The minimum Gasteiger partial charge on any atom is -0.298 e. The molecule has 9 heteroatoms. The zero-order valence-electron chi connectivity index (χ0n) is 16.4. The number of aromatic amines is 1. The fraction of sp³-hybridized carbons (Fsp3) is 0.143. The van der Waals surface area contributed by atoms with E-state index in [0.29, 0.717) is 0 Å². The third-order valence-corrected chi connectivity index (χ3v) is 4.72. The summed E-state index contributed by atoms with van der Waals surface area (Å²) in [6.07, 6.45) is 1.63. The molecule has 0 atom stereocenters. The number of halogens is 1. The Kier molecular flexibility index (Phi) is 5.01. The largest absolute Gasteiger partial charge is 0.329 e. The highest BCUT2D eigenvalue weighted by molar-refractivity contribution is 5.80. The van der Waals surface area contributed by atoms with E-state index in [0.717, 1.165) is 16.7 Å². The molecule has 0 aliphatic carbocycles. The summed E-state index contributed by atoms with van der Waals surface area (Å²) < 4.78 is 16.1. The molecule has 0 fully saturated rings. The lowest BCUT2D eigenvalue weighted by Crippen LogP contribution is -2.29. The number of fused-ring (bicyclic) bond motifs is 1. The van der Waals surface area contributed by atoms with E-state index >= 15 is 0 Å². The lowest BCUT2D eigenvalue weighted by molar-refractivity contribution is 0.626. The van der Waals surface area contributed by atoms with Crippen LogP contribution >= 0.6 is 0 Å². The second-order valence-corrected chi connectivity index (χ2v) is 6.92. The van der Waals surface area contributed by atoms with Crippen molar-refractivity contribution in [1.82, 2.24) is 19.1 Å². The van der Waals surface area contributed by atoms with Crippen LogP contribution < -0.4 is 16.7 Å². The molecule has 30 heavy (non-hydrogen) atoms. The summed E-state index contributed by atoms with van der Waals surface area (Å²) in [5, 5.41) is 4.22. The predicted molar refractivity (Wildman–Crippen MR) is 113 cm³/mol. The van der Waals surface area contributed by atoms with E-state index in [9.17, 15) is 14.0 Å². The topological polar surface area (TPSA) is 97.1 Å². The van der Waals surface area contributed by atoms with Crippen molar-refractivity contribution in [2.75, 3.05) is 5.43 Å². The molecule has 0 bridgehead atoms. The number of nitrogens with zero attached hydrogens (tertiary/aromatic N) is 4. The molecule has 0 spiro atoms. The Morgan fingerprint density at radius 3 is 2.53 bits per heavy atom. The second-order valence-electron chi connectivity index (χ2n) is 6.92. The predicted octanol–water partition coefficient (Wildman–Crippen LogP) is 2.37. The van der Waals surface area contributed by atoms with Crippen molar-refractivity contribution in [3.63, 3.8) is 0 Å². The van der Waals surface area contributed by atoms with Crippen LogP contribution in [-0.2, 0) is 13.6 Å². The van der Waals surface area contributed by atoms with Crippen LogP contribution in [-0.4, -0.2) is 25.3 Å². The lowest BCUT2D eigenvalue weighted by Gasteiger charge is -2.08. The first-order valence-corrected chi connectivity index (χ1v) is 9.22. The highest BCUT2D eigenvalue weighted by Gasteiger charge is 2.17. The summed E-state index contributed by atoms with van der Waals surface area (Å²) in [5.74, 6) is -0.0695. The van der Waals surface area contributed by atoms with E-state index in [1.165, 1.54) is 23.7 Å². The molecule has 152 valence electrons. The smallest absolute Gasteiger partial charge is 0.298 e. The lowest BCUT2D eigenvalue weighted by atomic mass is 10.2. The number of aromatic nitrogens is 4. The molecule has 4 rings (SSSR count). The molecule has 2 aromatic heterocycles. The number of anilines is 1. The molecule has 0 aliphatic heterocycles. The fourth-order valence-corrected chi connectivity index (χ4v) is 3.06. The third-order valence-electron chi connectivity index (χ3n) is 4.72. The maximum atomic E-state index is 13.3. The third kappa shape index (κ3) is 3.77. The molecule has 0 amide bonds. The average Bonchev–Trinajstić information content (AvgIpc) is 3.08. The van der Waals surface area contributed by atoms with Crippen molar-refractivity contribution in [2.45, 2.75) is 13.5 Å². The van der Waals surface area contributed by atoms with Gasteiger partial charge in [-0.2, -0.15) is 10.1 Å². The van der Waals surface area contributed by atoms with Gasteiger partial charge in [0.15, 0.2) is 11.2 Å². The number of benzene rings is 2. The number of imidazole rings is 1. The van der Waals surface area contributed by atoms with Gasteiger partial charge in [-0.05, 0) is 30.2 Å². The summed E-state index contributed by atoms with van der Waals surface area (Å²) >= 11 is 0. The van der Waals surface area contributed by atoms with E-state index in [1.807, 2.05) is 31.2 Å². The van der Waals surface area contributed by atoms with E-state index in [4.69, 9.17) is 0 Å². The summed E-state index contributed by atoms with van der Waals surface area (Å²) in [5.41, 5.74) is 4.96. The second kappa shape index (κ2) is 7.78. The normalized spacial score (nSPS) is 11.4. The van der Waals surface area contributed by atoms with Gasteiger partial charge >= 0.3 is 5.69 Å². The molecule has 0 saturated carbocycles. The molecular formula is C21H19FN6O2. The molecule has 0 radical (unpaired) electrons. The highest BCUT2D eigenvalue weighted by Crippen LogP contribution is 2.18. The van der Waals surface area contributed by atoms with Crippen LogP contribution in [0.3, 0.4) is 0 Å². The monoisotopic (exact) mass is 406 g/mol. The first kappa shape index (κ1) is 19.3. The van der Waals surface area contributed by atoms with Crippen LogP contribution in [0.4, 0.5) is 10.3 Å². The van der Waals surface area contributed by atoms with Gasteiger partial charge in [-0.1, -0.05) is 42.0 Å². The van der Waals surface area contributed by atoms with E-state index in [1.54, 1.807) is 22.9 Å². The van der Waals surface area contributed by atoms with Gasteiger partial charge in [0.25, 0.3) is 5.56 Å². The van der Waals surface area contributed by atoms with Gasteiger partial charge in [-0.25, -0.2) is 14.6 Å². The SMILES string of the molecule is Cc1ccc(C=NNc2nc3c(c(=O)[nH]c(=O)n3C)n2Cc2ccc(F)cc2)cc1. The molecule has 2 N–H and O–H groups in total. The maximum Gasteiger partial charge on any atom is 0.329 e. The quantitative estimate of drug-likeness (QED) is 0.393. The summed E-state index contributed by atoms with van der Waals surface area (Å²) in [6, 6.07) is 13.7. The van der Waals surface area contributed by atoms with E-state index < -0.39 is 11.2 Å². The van der Waals surface area contributed by atoms with Crippen LogP contribution in [0.1, 0.15) is 16.7 Å². The minimum absolute atomic E-state index is 0.217. The number of nitrogens with one attached hydrogen (secondary N) is 2. The van der Waals surface area contributed by atoms with Gasteiger partial charge in [0.1, 0.15) is 5.82 Å². The Hall–Kier alpha value is -4.01. The Bertz CT molecular complexity index is 1350. The highest BCUT2D eigenvalue weighted by atomic mass is 19.1. The van der Waals surface area contributed by atoms with Gasteiger partial charge in [-0.3, -0.25) is 18.9 Å². The van der Waals surface area contributed by atoms with Gasteiger partial charge in [0.2, 0.25) is 5.95 Å². The Morgan fingerprint density at radius 2 is 1.83 bits per heavy atom. The van der Waals surface area contributed by atoms with Crippen molar-refractivity contribution >= 4 is 23.3 Å². The number of H-pyrrole nitrogens is 1. The number of aryl methyl sites for hydroxylation is 2. The van der Waals surface area contributed by atoms with Gasteiger partial charge in [0.05, 0.1) is 12.8 Å². The van der Waals surface area contributed by atoms with Crippen molar-refractivity contribution < 1.29 is 4.39 Å². The molecule has 0 aliphatic rings. The Balaban J connectivity index is 1.77. The molecular weight excluding hydrogens is 387 g/mol. The summed E-state index contributed by atoms with van der Waals surface area (Å²) in [7, 11) is 1.52. The van der Waals surface area contributed by atoms with Crippen molar-refractivity contribution in [3.8, 4) is 0 Å². The van der Waals surface area contributed by atoms with Gasteiger partial charge in [0, 0.05) is 7.05 Å². The maximum absolute atomic E-state index is 13.3. The van der Waals surface area contributed by atoms with Gasteiger partial charge < -0.3 is 0 Å². The van der Waals surface area contributed by atoms with Crippen LogP contribution in [0, 0.1) is 12.7 Å². The molecule has 0 unspecified atom stereocenters. The fourth-order valence-electron chi connectivity index (χ4n) is 3.06. The first-order chi connectivity index (χ1) is 14.4. The zero-order chi connectivity index (χ0) is 21.3. The average molecular weight is 406 g/mol. The van der Waals surface area contributed by atoms with Gasteiger partial charge in [-0.15, -0.1) is 0 Å². The van der Waals surface area contributed by atoms with E-state index in [-0.39, 0.29) is 29.5 Å². The van der Waals surface area contributed by atoms with Crippen LogP contribution in [0.5, 0.6) is 0 Å². The number of hydrogen-bond acceptors (Lipinski definition) is 5. The van der Waals surface area contributed by atoms with Crippen LogP contribution in [0.25, 0.3) is 11.2 Å². The molecule has 4 aromatic rings. The first-order valence-electron chi connectivity index (χ1n) is 9.22. The molecule has 2 aromatic carbocycles. The standard InChI is InChI=1S/C21H19FN6O2/c1-13-3-5-14(6-4-13)11-23-26-20-24-18-17(19(29)25-21(30)27(18)2)28(20)12-15-7-9-16(22)10-8-15/h3-11H,12H2,1-2H3,(H,24,26)(H,25,29,30). The van der Waals surface area contributed by atoms with Crippen molar-refractivity contribution in [2.24, 2.45) is 12.1 Å². The zero-order valence-corrected chi connectivity index (χ0v) is 16.4. The summed E-state index contributed by atoms with van der Waals surface area (Å²) in [4.78, 5) is 31.1. The van der Waals surface area contributed by atoms with E-state index in [2.05, 4.69) is 20.5 Å². The number of rotatable bonds is 5. The molecule has 2 heterocycles. The molecule has 8 nitrogen and oxygen atoms in total. The number of hydrogen-bond donors (Lipinski definition) is 2. The number of hydrazone groups is 1. The minimum atomic E-state index is -0.561. The van der Waals surface area contributed by atoms with Crippen molar-refractivity contribution in [3.05, 3.63) is 91.9 Å². The van der Waals surface area contributed by atoms with Crippen molar-refractivity contribution in [1.29, 1.82) is 0 Å². The Labute approximate surface area is 170 Å². The Morgan fingerprint density at radius 1 is 1.13 bits per heavy atom. The molecule has 0 saturated heterocycles. The summed E-state index contributed by atoms with van der Waals surface area (Å²) in [6.45, 7) is 2.24. The van der Waals surface area contributed by atoms with Crippen LogP contribution in [0.15, 0.2) is 63.2 Å². The van der Waals surface area contributed by atoms with Crippen LogP contribution in [0.2, 0.25) is 0 Å².